The Hall–Kier alpha value is -1.95. The molecule has 1 aromatic heterocycles. The predicted octanol–water partition coefficient (Wildman–Crippen LogP) is 4.36. The summed E-state index contributed by atoms with van der Waals surface area (Å²) in [6, 6.07) is 6.28. The topological polar surface area (TPSA) is 45.2 Å². The maximum atomic E-state index is 14.3. The van der Waals surface area contributed by atoms with E-state index in [2.05, 4.69) is 10.3 Å². The van der Waals surface area contributed by atoms with Gasteiger partial charge in [0.15, 0.2) is 0 Å². The van der Waals surface area contributed by atoms with Gasteiger partial charge in [-0.05, 0) is 24.8 Å². The van der Waals surface area contributed by atoms with Crippen LogP contribution in [0.2, 0.25) is 0 Å². The smallest absolute Gasteiger partial charge is 0.318 e. The zero-order chi connectivity index (χ0) is 16.9. The first-order valence-electron chi connectivity index (χ1n) is 8.29. The van der Waals surface area contributed by atoms with Crippen molar-refractivity contribution in [1.82, 2.24) is 15.2 Å². The Balaban J connectivity index is 1.73. The molecule has 1 heterocycles. The molecule has 0 aliphatic heterocycles. The van der Waals surface area contributed by atoms with Crippen molar-refractivity contribution in [2.24, 2.45) is 5.92 Å². The van der Waals surface area contributed by atoms with Gasteiger partial charge in [-0.3, -0.25) is 0 Å². The molecule has 1 unspecified atom stereocenters. The van der Waals surface area contributed by atoms with Crippen LogP contribution in [-0.4, -0.2) is 23.0 Å². The number of carbonyl (C=O) groups excluding carboxylic acids is 1. The molecule has 2 aromatic rings. The molecular weight excluding hydrogens is 325 g/mol. The van der Waals surface area contributed by atoms with Gasteiger partial charge in [0.05, 0.1) is 12.6 Å². The Morgan fingerprint density at radius 1 is 1.42 bits per heavy atom. The number of nitrogens with zero attached hydrogens (tertiary/aromatic N) is 2. The van der Waals surface area contributed by atoms with Gasteiger partial charge in [-0.15, -0.1) is 11.3 Å². The Morgan fingerprint density at radius 2 is 2.17 bits per heavy atom. The van der Waals surface area contributed by atoms with Crippen molar-refractivity contribution in [3.8, 4) is 0 Å². The van der Waals surface area contributed by atoms with E-state index in [1.165, 1.54) is 17.4 Å². The molecule has 4 nitrogen and oxygen atoms in total. The van der Waals surface area contributed by atoms with Gasteiger partial charge in [0.2, 0.25) is 0 Å². The van der Waals surface area contributed by atoms with Crippen LogP contribution in [0.5, 0.6) is 0 Å². The number of thiazole rings is 1. The SMILES string of the molecule is CN(Cc1nccs1)C(=O)NC(c1ccccc1F)C1CCCC1. The summed E-state index contributed by atoms with van der Waals surface area (Å²) in [6.07, 6.45) is 6.05. The molecule has 0 radical (unpaired) electrons. The number of benzene rings is 1. The number of nitrogens with one attached hydrogen (secondary N) is 1. The third-order valence-corrected chi connectivity index (χ3v) is 5.36. The highest BCUT2D eigenvalue weighted by molar-refractivity contribution is 7.09. The average molecular weight is 347 g/mol. The van der Waals surface area contributed by atoms with E-state index in [9.17, 15) is 9.18 Å². The molecule has 1 saturated carbocycles. The molecule has 0 bridgehead atoms. The Morgan fingerprint density at radius 3 is 2.83 bits per heavy atom. The maximum Gasteiger partial charge on any atom is 0.318 e. The molecule has 1 aromatic carbocycles. The molecule has 1 atom stereocenters. The third-order valence-electron chi connectivity index (χ3n) is 4.59. The lowest BCUT2D eigenvalue weighted by Crippen LogP contribution is -2.41. The molecule has 6 heteroatoms. The van der Waals surface area contributed by atoms with Crippen LogP contribution in [0.1, 0.15) is 42.3 Å². The highest BCUT2D eigenvalue weighted by Gasteiger charge is 2.30. The quantitative estimate of drug-likeness (QED) is 0.874. The fourth-order valence-electron chi connectivity index (χ4n) is 3.32. The monoisotopic (exact) mass is 347 g/mol. The Kier molecular flexibility index (Phi) is 5.45. The lowest BCUT2D eigenvalue weighted by Gasteiger charge is -2.28. The number of rotatable bonds is 5. The molecule has 1 N–H and O–H groups in total. The van der Waals surface area contributed by atoms with Gasteiger partial charge >= 0.3 is 6.03 Å². The van der Waals surface area contributed by atoms with Crippen LogP contribution in [0, 0.1) is 11.7 Å². The van der Waals surface area contributed by atoms with Crippen LogP contribution in [0.4, 0.5) is 9.18 Å². The van der Waals surface area contributed by atoms with Gasteiger partial charge in [-0.2, -0.15) is 0 Å². The molecule has 0 saturated heterocycles. The summed E-state index contributed by atoms with van der Waals surface area (Å²) in [5.74, 6) is 0.0383. The molecular formula is C18H22FN3OS. The summed E-state index contributed by atoms with van der Waals surface area (Å²) in [5.41, 5.74) is 0.584. The molecule has 128 valence electrons. The van der Waals surface area contributed by atoms with E-state index in [-0.39, 0.29) is 17.9 Å². The summed E-state index contributed by atoms with van der Waals surface area (Å²) in [7, 11) is 1.74. The van der Waals surface area contributed by atoms with Crippen molar-refractivity contribution in [1.29, 1.82) is 0 Å². The summed E-state index contributed by atoms with van der Waals surface area (Å²) < 4.78 is 14.3. The van der Waals surface area contributed by atoms with Crippen LogP contribution < -0.4 is 5.32 Å². The predicted molar refractivity (Wildman–Crippen MR) is 93.2 cm³/mol. The van der Waals surface area contributed by atoms with Crippen LogP contribution in [0.15, 0.2) is 35.8 Å². The van der Waals surface area contributed by atoms with E-state index < -0.39 is 0 Å². The van der Waals surface area contributed by atoms with Gasteiger partial charge < -0.3 is 10.2 Å². The lowest BCUT2D eigenvalue weighted by atomic mass is 9.91. The molecule has 3 rings (SSSR count). The van der Waals surface area contributed by atoms with Crippen LogP contribution in [0.3, 0.4) is 0 Å². The van der Waals surface area contributed by atoms with Crippen molar-refractivity contribution in [3.63, 3.8) is 0 Å². The van der Waals surface area contributed by atoms with Gasteiger partial charge in [-0.25, -0.2) is 14.2 Å². The highest BCUT2D eigenvalue weighted by Crippen LogP contribution is 2.36. The number of carbonyl (C=O) groups is 1. The first-order chi connectivity index (χ1) is 11.6. The van der Waals surface area contributed by atoms with E-state index in [0.717, 1.165) is 30.7 Å². The number of amides is 2. The molecule has 0 spiro atoms. The Labute approximate surface area is 145 Å². The van der Waals surface area contributed by atoms with E-state index >= 15 is 0 Å². The summed E-state index contributed by atoms with van der Waals surface area (Å²) in [5, 5.41) is 5.83. The number of hydrogen-bond acceptors (Lipinski definition) is 3. The second-order valence-corrected chi connectivity index (χ2v) is 7.25. The van der Waals surface area contributed by atoms with Gasteiger partial charge in [0.1, 0.15) is 10.8 Å². The largest absolute Gasteiger partial charge is 0.331 e. The average Bonchev–Trinajstić information content (AvgIpc) is 3.26. The number of hydrogen-bond donors (Lipinski definition) is 1. The van der Waals surface area contributed by atoms with E-state index in [1.807, 2.05) is 11.4 Å². The van der Waals surface area contributed by atoms with Crippen LogP contribution in [-0.2, 0) is 6.54 Å². The van der Waals surface area contributed by atoms with E-state index in [0.29, 0.717) is 18.0 Å². The molecule has 24 heavy (non-hydrogen) atoms. The fraction of sp³-hybridized carbons (Fsp3) is 0.444. The first-order valence-corrected chi connectivity index (χ1v) is 9.17. The minimum absolute atomic E-state index is 0.189. The lowest BCUT2D eigenvalue weighted by molar-refractivity contribution is 0.196. The van der Waals surface area contributed by atoms with Crippen molar-refractivity contribution >= 4 is 17.4 Å². The summed E-state index contributed by atoms with van der Waals surface area (Å²) >= 11 is 1.52. The highest BCUT2D eigenvalue weighted by atomic mass is 32.1. The van der Waals surface area contributed by atoms with E-state index in [1.54, 1.807) is 30.3 Å². The van der Waals surface area contributed by atoms with Gasteiger partial charge in [0.25, 0.3) is 0 Å². The third kappa shape index (κ3) is 3.93. The molecule has 2 amide bonds. The summed E-state index contributed by atoms with van der Waals surface area (Å²) in [4.78, 5) is 18.4. The Bertz CT molecular complexity index is 671. The normalized spacial score (nSPS) is 16.1. The van der Waals surface area contributed by atoms with Crippen molar-refractivity contribution in [3.05, 3.63) is 52.2 Å². The first kappa shape index (κ1) is 16.9. The zero-order valence-electron chi connectivity index (χ0n) is 13.7. The second kappa shape index (κ2) is 7.75. The van der Waals surface area contributed by atoms with Crippen LogP contribution >= 0.6 is 11.3 Å². The number of halogens is 1. The summed E-state index contributed by atoms with van der Waals surface area (Å²) in [6.45, 7) is 0.457. The minimum Gasteiger partial charge on any atom is -0.331 e. The molecule has 1 aliphatic carbocycles. The maximum absolute atomic E-state index is 14.3. The number of urea groups is 1. The number of aromatic nitrogens is 1. The molecule has 1 aliphatic rings. The second-order valence-electron chi connectivity index (χ2n) is 6.28. The van der Waals surface area contributed by atoms with Gasteiger partial charge in [0, 0.05) is 24.2 Å². The van der Waals surface area contributed by atoms with Crippen molar-refractivity contribution in [2.45, 2.75) is 38.3 Å². The zero-order valence-corrected chi connectivity index (χ0v) is 14.6. The standard InChI is InChI=1S/C18H22FN3OS/c1-22(12-16-20-10-11-24-16)18(23)21-17(13-6-2-3-7-13)14-8-4-5-9-15(14)19/h4-5,8-11,13,17H,2-3,6-7,12H2,1H3,(H,21,23). The van der Waals surface area contributed by atoms with Crippen molar-refractivity contribution < 1.29 is 9.18 Å². The molecule has 1 fully saturated rings. The van der Waals surface area contributed by atoms with Gasteiger partial charge in [-0.1, -0.05) is 31.0 Å². The van der Waals surface area contributed by atoms with Crippen molar-refractivity contribution in [2.75, 3.05) is 7.05 Å². The fourth-order valence-corrected chi connectivity index (χ4v) is 3.99. The minimum atomic E-state index is -0.278. The van der Waals surface area contributed by atoms with Crippen LogP contribution in [0.25, 0.3) is 0 Å². The van der Waals surface area contributed by atoms with E-state index in [4.69, 9.17) is 0 Å².